The van der Waals surface area contributed by atoms with Gasteiger partial charge in [-0.1, -0.05) is 6.92 Å². The zero-order valence-corrected chi connectivity index (χ0v) is 11.2. The van der Waals surface area contributed by atoms with E-state index in [9.17, 15) is 8.42 Å². The largest absolute Gasteiger partial charge is 0.446 e. The quantitative estimate of drug-likeness (QED) is 0.844. The molecule has 0 spiro atoms. The molecule has 1 heterocycles. The Morgan fingerprint density at radius 3 is 2.47 bits per heavy atom. The average molecular weight is 261 g/mol. The maximum absolute atomic E-state index is 12.2. The summed E-state index contributed by atoms with van der Waals surface area (Å²) in [5, 5.41) is 8.76. The molecule has 0 aromatic carbocycles. The van der Waals surface area contributed by atoms with E-state index in [1.165, 1.54) is 16.4 Å². The van der Waals surface area contributed by atoms with Crippen LogP contribution in [0.1, 0.15) is 33.0 Å². The number of hydrogen-bond donors (Lipinski definition) is 1. The highest BCUT2D eigenvalue weighted by atomic mass is 32.2. The molecule has 1 N–H and O–H groups in total. The van der Waals surface area contributed by atoms with Gasteiger partial charge in [0.15, 0.2) is 0 Å². The standard InChI is InChI=1S/C11H19NO4S/c1-4-7-12(9(2)3)17(14,15)11-6-5-10(8-13)16-11/h5-6,9,13H,4,7-8H2,1-3H3. The molecule has 0 bridgehead atoms. The second-order valence-electron chi connectivity index (χ2n) is 4.09. The molecule has 0 aliphatic rings. The van der Waals surface area contributed by atoms with Crippen LogP contribution in [0.5, 0.6) is 0 Å². The number of rotatable bonds is 6. The third-order valence-corrected chi connectivity index (χ3v) is 4.33. The highest BCUT2D eigenvalue weighted by molar-refractivity contribution is 7.89. The van der Waals surface area contributed by atoms with E-state index < -0.39 is 10.0 Å². The van der Waals surface area contributed by atoms with Crippen molar-refractivity contribution in [1.29, 1.82) is 0 Å². The van der Waals surface area contributed by atoms with Gasteiger partial charge in [0.1, 0.15) is 12.4 Å². The van der Waals surface area contributed by atoms with Crippen LogP contribution in [0.2, 0.25) is 0 Å². The molecule has 0 aliphatic carbocycles. The van der Waals surface area contributed by atoms with Crippen molar-refractivity contribution in [3.8, 4) is 0 Å². The third kappa shape index (κ3) is 3.08. The fraction of sp³-hybridized carbons (Fsp3) is 0.636. The van der Waals surface area contributed by atoms with E-state index in [0.29, 0.717) is 6.54 Å². The molecule has 0 radical (unpaired) electrons. The Hall–Kier alpha value is -0.850. The zero-order chi connectivity index (χ0) is 13.1. The van der Waals surface area contributed by atoms with Gasteiger partial charge < -0.3 is 9.52 Å². The van der Waals surface area contributed by atoms with E-state index in [2.05, 4.69) is 0 Å². The van der Waals surface area contributed by atoms with Gasteiger partial charge in [-0.05, 0) is 32.4 Å². The molecular formula is C11H19NO4S. The summed E-state index contributed by atoms with van der Waals surface area (Å²) >= 11 is 0. The summed E-state index contributed by atoms with van der Waals surface area (Å²) in [7, 11) is -3.60. The molecule has 1 aromatic heterocycles. The highest BCUT2D eigenvalue weighted by Crippen LogP contribution is 2.21. The van der Waals surface area contributed by atoms with Gasteiger partial charge in [-0.3, -0.25) is 0 Å². The maximum Gasteiger partial charge on any atom is 0.276 e. The molecule has 0 atom stereocenters. The average Bonchev–Trinajstić information content (AvgIpc) is 2.74. The summed E-state index contributed by atoms with van der Waals surface area (Å²) in [6, 6.07) is 2.73. The van der Waals surface area contributed by atoms with Crippen molar-refractivity contribution in [2.45, 2.75) is 44.9 Å². The number of furan rings is 1. The fourth-order valence-electron chi connectivity index (χ4n) is 1.57. The fourth-order valence-corrected chi connectivity index (χ4v) is 3.24. The first kappa shape index (κ1) is 14.2. The summed E-state index contributed by atoms with van der Waals surface area (Å²) in [5.74, 6) is 0.253. The van der Waals surface area contributed by atoms with Crippen LogP contribution in [-0.4, -0.2) is 30.4 Å². The van der Waals surface area contributed by atoms with Crippen LogP contribution in [-0.2, 0) is 16.6 Å². The van der Waals surface area contributed by atoms with E-state index in [0.717, 1.165) is 6.42 Å². The highest BCUT2D eigenvalue weighted by Gasteiger charge is 2.29. The number of nitrogens with zero attached hydrogens (tertiary/aromatic N) is 1. The summed E-state index contributed by atoms with van der Waals surface area (Å²) < 4.78 is 31.0. The zero-order valence-electron chi connectivity index (χ0n) is 10.4. The number of sulfonamides is 1. The molecule has 1 rings (SSSR count). The molecule has 6 heteroatoms. The van der Waals surface area contributed by atoms with Gasteiger partial charge in [-0.2, -0.15) is 4.31 Å². The minimum Gasteiger partial charge on any atom is -0.446 e. The van der Waals surface area contributed by atoms with Gasteiger partial charge in [-0.25, -0.2) is 8.42 Å². The lowest BCUT2D eigenvalue weighted by molar-refractivity contribution is 0.234. The Kier molecular flexibility index (Phi) is 4.73. The van der Waals surface area contributed by atoms with Crippen LogP contribution in [0.4, 0.5) is 0 Å². The molecule has 1 aromatic rings. The van der Waals surface area contributed by atoms with E-state index >= 15 is 0 Å². The van der Waals surface area contributed by atoms with Crippen LogP contribution < -0.4 is 0 Å². The minimum atomic E-state index is -3.60. The lowest BCUT2D eigenvalue weighted by Gasteiger charge is -2.23. The molecule has 0 saturated carbocycles. The molecule has 0 fully saturated rings. The van der Waals surface area contributed by atoms with Crippen LogP contribution in [0.15, 0.2) is 21.6 Å². The summed E-state index contributed by atoms with van der Waals surface area (Å²) in [6.45, 7) is 5.72. The lowest BCUT2D eigenvalue weighted by atomic mass is 10.4. The topological polar surface area (TPSA) is 70.8 Å². The maximum atomic E-state index is 12.2. The predicted molar refractivity (Wildman–Crippen MR) is 63.9 cm³/mol. The van der Waals surface area contributed by atoms with Crippen LogP contribution in [0, 0.1) is 0 Å². The van der Waals surface area contributed by atoms with Crippen molar-refractivity contribution in [2.75, 3.05) is 6.54 Å². The van der Waals surface area contributed by atoms with Gasteiger partial charge in [0.25, 0.3) is 10.0 Å². The van der Waals surface area contributed by atoms with Gasteiger partial charge in [0.05, 0.1) is 0 Å². The first-order valence-electron chi connectivity index (χ1n) is 5.64. The molecule has 0 saturated heterocycles. The van der Waals surface area contributed by atoms with Crippen molar-refractivity contribution in [3.63, 3.8) is 0 Å². The Morgan fingerprint density at radius 2 is 2.06 bits per heavy atom. The van der Waals surface area contributed by atoms with Gasteiger partial charge in [0.2, 0.25) is 5.09 Å². The second kappa shape index (κ2) is 5.66. The first-order chi connectivity index (χ1) is 7.93. The molecule has 5 nitrogen and oxygen atoms in total. The van der Waals surface area contributed by atoms with Crippen LogP contribution in [0.25, 0.3) is 0 Å². The Balaban J connectivity index is 3.07. The first-order valence-corrected chi connectivity index (χ1v) is 7.09. The normalized spacial score (nSPS) is 12.6. The Morgan fingerprint density at radius 1 is 1.41 bits per heavy atom. The molecule has 0 aliphatic heterocycles. The van der Waals surface area contributed by atoms with Crippen LogP contribution >= 0.6 is 0 Å². The molecular weight excluding hydrogens is 242 g/mol. The van der Waals surface area contributed by atoms with Crippen LogP contribution in [0.3, 0.4) is 0 Å². The molecule has 98 valence electrons. The third-order valence-electron chi connectivity index (χ3n) is 2.38. The predicted octanol–water partition coefficient (Wildman–Crippen LogP) is 1.58. The molecule has 17 heavy (non-hydrogen) atoms. The number of aliphatic hydroxyl groups is 1. The van der Waals surface area contributed by atoms with Crippen molar-refractivity contribution < 1.29 is 17.9 Å². The van der Waals surface area contributed by atoms with E-state index in [4.69, 9.17) is 9.52 Å². The van der Waals surface area contributed by atoms with E-state index in [1.54, 1.807) is 0 Å². The summed E-state index contributed by atoms with van der Waals surface area (Å²) in [4.78, 5) is 0. The molecule has 0 unspecified atom stereocenters. The Bertz CT molecular complexity index is 450. The van der Waals surface area contributed by atoms with E-state index in [-0.39, 0.29) is 23.5 Å². The van der Waals surface area contributed by atoms with Gasteiger partial charge >= 0.3 is 0 Å². The van der Waals surface area contributed by atoms with Crippen molar-refractivity contribution in [2.24, 2.45) is 0 Å². The van der Waals surface area contributed by atoms with Crippen molar-refractivity contribution >= 4 is 10.0 Å². The SMILES string of the molecule is CCCN(C(C)C)S(=O)(=O)c1ccc(CO)o1. The van der Waals surface area contributed by atoms with Crippen molar-refractivity contribution in [1.82, 2.24) is 4.31 Å². The smallest absolute Gasteiger partial charge is 0.276 e. The molecule has 0 amide bonds. The monoisotopic (exact) mass is 261 g/mol. The number of aliphatic hydroxyl groups excluding tert-OH is 1. The lowest BCUT2D eigenvalue weighted by Crippen LogP contribution is -2.37. The second-order valence-corrected chi connectivity index (χ2v) is 5.91. The summed E-state index contributed by atoms with van der Waals surface area (Å²) in [5.41, 5.74) is 0. The van der Waals surface area contributed by atoms with Gasteiger partial charge in [0, 0.05) is 12.6 Å². The minimum absolute atomic E-state index is 0.108. The number of hydrogen-bond acceptors (Lipinski definition) is 4. The van der Waals surface area contributed by atoms with E-state index in [1.807, 2.05) is 20.8 Å². The Labute approximate surface area is 102 Å². The summed E-state index contributed by atoms with van der Waals surface area (Å²) in [6.07, 6.45) is 0.741. The van der Waals surface area contributed by atoms with Gasteiger partial charge in [-0.15, -0.1) is 0 Å². The van der Waals surface area contributed by atoms with Crippen molar-refractivity contribution in [3.05, 3.63) is 17.9 Å².